The third-order valence-corrected chi connectivity index (χ3v) is 2.38. The van der Waals surface area contributed by atoms with Crippen molar-refractivity contribution >= 4 is 0 Å². The average molecular weight is 267 g/mol. The topological polar surface area (TPSA) is 30.3 Å². The lowest BCUT2D eigenvalue weighted by Crippen LogP contribution is -2.20. The van der Waals surface area contributed by atoms with Crippen molar-refractivity contribution < 1.29 is 15.7 Å². The van der Waals surface area contributed by atoms with E-state index >= 15 is 0 Å². The lowest BCUT2D eigenvalue weighted by atomic mass is 10.1. The van der Waals surface area contributed by atoms with Crippen LogP contribution in [0.25, 0.3) is 0 Å². The fraction of sp³-hybridized carbons (Fsp3) is 0.400. The lowest BCUT2D eigenvalue weighted by Gasteiger charge is -2.20. The molecule has 0 saturated heterocycles. The average Bonchev–Trinajstić information content (AvgIpc) is 2.89. The van der Waals surface area contributed by atoms with Crippen LogP contribution >= 0.6 is 0 Å². The molecule has 0 aliphatic rings. The van der Waals surface area contributed by atoms with Gasteiger partial charge >= 0.3 is 0 Å². The van der Waals surface area contributed by atoms with E-state index in [4.69, 9.17) is 15.7 Å². The summed E-state index contributed by atoms with van der Waals surface area (Å²) in [6, 6.07) is 7.39. The van der Waals surface area contributed by atoms with Crippen LogP contribution in [0.4, 0.5) is 0 Å². The van der Waals surface area contributed by atoms with Crippen LogP contribution in [0.3, 0.4) is 0 Å². The summed E-state index contributed by atoms with van der Waals surface area (Å²) in [7, 11) is 3.00. The van der Waals surface area contributed by atoms with E-state index in [1.54, 1.807) is 18.2 Å². The van der Waals surface area contributed by atoms with Crippen LogP contribution in [0.1, 0.15) is 28.3 Å². The molecule has 0 aliphatic carbocycles. The Bertz CT molecular complexity index is 790. The zero-order valence-electron chi connectivity index (χ0n) is 18.8. The lowest BCUT2D eigenvalue weighted by molar-refractivity contribution is 0.0638. The van der Waals surface area contributed by atoms with E-state index < -0.39 is 44.1 Å². The molecule has 102 valence electrons. The molecule has 1 atom stereocenters. The number of hydrogen-bond donors (Lipinski definition) is 0. The smallest absolute Gasteiger partial charge is 0.124 e. The molecular formula is C15H21N3O. The van der Waals surface area contributed by atoms with Gasteiger partial charge in [-0.3, -0.25) is 4.68 Å². The molecule has 0 N–H and O–H groups in total. The first-order valence-electron chi connectivity index (χ1n) is 9.75. The predicted octanol–water partition coefficient (Wildman–Crippen LogP) is 2.09. The van der Waals surface area contributed by atoms with Gasteiger partial charge in [0.2, 0.25) is 0 Å². The first-order valence-corrected chi connectivity index (χ1v) is 5.75. The summed E-state index contributed by atoms with van der Waals surface area (Å²) in [5.74, 6) is 0. The molecule has 1 heterocycles. The summed E-state index contributed by atoms with van der Waals surface area (Å²) >= 11 is 0. The van der Waals surface area contributed by atoms with Gasteiger partial charge < -0.3 is 9.64 Å². The molecule has 0 radical (unpaired) electrons. The van der Waals surface area contributed by atoms with Crippen LogP contribution in [0.5, 0.6) is 0 Å². The van der Waals surface area contributed by atoms with Crippen molar-refractivity contribution in [1.29, 1.82) is 0 Å². The van der Waals surface area contributed by atoms with Gasteiger partial charge in [-0.2, -0.15) is 5.10 Å². The van der Waals surface area contributed by atoms with Crippen molar-refractivity contribution in [3.63, 3.8) is 0 Å². The molecule has 0 aliphatic heterocycles. The van der Waals surface area contributed by atoms with Crippen molar-refractivity contribution in [1.82, 2.24) is 14.7 Å². The minimum atomic E-state index is -2.84. The number of aryl methyl sites for hydroxylation is 1. The van der Waals surface area contributed by atoms with Crippen molar-refractivity contribution in [2.24, 2.45) is 6.98 Å². The van der Waals surface area contributed by atoms with E-state index in [1.807, 2.05) is 0 Å². The van der Waals surface area contributed by atoms with E-state index in [2.05, 4.69) is 5.10 Å². The fourth-order valence-electron chi connectivity index (χ4n) is 1.50. The minimum absolute atomic E-state index is 0.193. The van der Waals surface area contributed by atoms with E-state index in [1.165, 1.54) is 31.1 Å². The van der Waals surface area contributed by atoms with Crippen LogP contribution in [0.2, 0.25) is 0 Å². The quantitative estimate of drug-likeness (QED) is 0.803. The summed E-state index contributed by atoms with van der Waals surface area (Å²) in [5.41, 5.74) is -0.258. The number of likely N-dealkylation sites (N-methyl/N-ethyl adjacent to an activating group) is 1. The number of benzene rings is 1. The van der Waals surface area contributed by atoms with Gasteiger partial charge in [0, 0.05) is 26.5 Å². The summed E-state index contributed by atoms with van der Waals surface area (Å²) in [6.07, 6.45) is -2.85. The third-order valence-electron chi connectivity index (χ3n) is 2.38. The van der Waals surface area contributed by atoms with Gasteiger partial charge in [-0.25, -0.2) is 0 Å². The molecule has 0 saturated carbocycles. The Morgan fingerprint density at radius 1 is 1.53 bits per heavy atom. The minimum Gasteiger partial charge on any atom is -0.366 e. The number of aromatic nitrogens is 2. The van der Waals surface area contributed by atoms with Crippen LogP contribution in [-0.4, -0.2) is 41.9 Å². The Hall–Kier alpha value is -1.65. The van der Waals surface area contributed by atoms with Gasteiger partial charge in [0.1, 0.15) is 6.08 Å². The Morgan fingerprint density at radius 3 is 3.00 bits per heavy atom. The number of rotatable bonds is 6. The molecular weight excluding hydrogens is 238 g/mol. The molecule has 0 bridgehead atoms. The highest BCUT2D eigenvalue weighted by Gasteiger charge is 2.17. The summed E-state index contributed by atoms with van der Waals surface area (Å²) < 4.78 is 69.6. The molecule has 1 unspecified atom stereocenters. The Morgan fingerprint density at radius 2 is 2.32 bits per heavy atom. The highest BCUT2D eigenvalue weighted by Crippen LogP contribution is 2.25. The van der Waals surface area contributed by atoms with E-state index in [0.717, 1.165) is 0 Å². The monoisotopic (exact) mass is 267 g/mol. The Balaban J connectivity index is 2.66. The fourth-order valence-corrected chi connectivity index (χ4v) is 1.50. The number of nitrogens with zero attached hydrogens (tertiary/aromatic N) is 3. The molecule has 1 aromatic carbocycles. The molecule has 4 heteroatoms. The number of ether oxygens (including phenoxy) is 1. The maximum Gasteiger partial charge on any atom is 0.124 e. The normalized spacial score (nSPS) is 22.1. The third kappa shape index (κ3) is 3.66. The van der Waals surface area contributed by atoms with Gasteiger partial charge in [0.05, 0.1) is 16.4 Å². The summed E-state index contributed by atoms with van der Waals surface area (Å²) in [5, 5.41) is 3.58. The summed E-state index contributed by atoms with van der Waals surface area (Å²) in [4.78, 5) is 1.26. The zero-order valence-corrected chi connectivity index (χ0v) is 10.8. The van der Waals surface area contributed by atoms with Gasteiger partial charge in [-0.1, -0.05) is 30.3 Å². The van der Waals surface area contributed by atoms with E-state index in [0.29, 0.717) is 4.68 Å². The van der Waals surface area contributed by atoms with Gasteiger partial charge in [0.15, 0.2) is 0 Å². The molecule has 0 spiro atoms. The van der Waals surface area contributed by atoms with Crippen LogP contribution in [0.15, 0.2) is 42.5 Å². The van der Waals surface area contributed by atoms with E-state index in [-0.39, 0.29) is 5.56 Å². The van der Waals surface area contributed by atoms with Crippen LogP contribution in [-0.2, 0) is 11.7 Å². The van der Waals surface area contributed by atoms with Crippen LogP contribution in [0, 0.1) is 0 Å². The second kappa shape index (κ2) is 6.50. The predicted molar refractivity (Wildman–Crippen MR) is 76.0 cm³/mol. The molecule has 4 nitrogen and oxygen atoms in total. The molecule has 2 rings (SSSR count). The molecule has 19 heavy (non-hydrogen) atoms. The highest BCUT2D eigenvalue weighted by atomic mass is 16.5. The first-order chi connectivity index (χ1) is 12.3. The van der Waals surface area contributed by atoms with E-state index in [9.17, 15) is 0 Å². The highest BCUT2D eigenvalue weighted by molar-refractivity contribution is 5.25. The maximum atomic E-state index is 8.88. The van der Waals surface area contributed by atoms with Crippen molar-refractivity contribution in [3.8, 4) is 0 Å². The molecule has 2 aromatic rings. The first kappa shape index (κ1) is 6.68. The Kier molecular flexibility index (Phi) is 2.28. The van der Waals surface area contributed by atoms with Crippen LogP contribution < -0.4 is 0 Å². The SMILES string of the molecule is [2H]c1nn(C([2H])([2H])[2H])c(C([2H])(OCC([2H])([2H])N(C)C)c2ccccc2)c1[2H]. The maximum absolute atomic E-state index is 8.88. The van der Waals surface area contributed by atoms with Crippen molar-refractivity contribution in [2.45, 2.75) is 6.08 Å². The molecule has 1 aromatic heterocycles. The standard InChI is InChI=1S/C15H21N3O/c1-17(2)11-12-19-15(13-7-5-4-6-8-13)14-9-10-16-18(14)3/h4-10,15H,11-12H2,1-3H3/i3D3,9D,10D,11D2,15D. The molecule has 0 amide bonds. The van der Waals surface area contributed by atoms with Crippen molar-refractivity contribution in [3.05, 3.63) is 53.8 Å². The van der Waals surface area contributed by atoms with Gasteiger partial charge in [0.25, 0.3) is 0 Å². The zero-order chi connectivity index (χ0) is 20.6. The van der Waals surface area contributed by atoms with Crippen molar-refractivity contribution in [2.75, 3.05) is 27.2 Å². The van der Waals surface area contributed by atoms with Gasteiger partial charge in [-0.15, -0.1) is 0 Å². The second-order valence-corrected chi connectivity index (χ2v) is 4.03. The Labute approximate surface area is 125 Å². The largest absolute Gasteiger partial charge is 0.366 e. The number of hydrogen-bond acceptors (Lipinski definition) is 3. The summed E-state index contributed by atoms with van der Waals surface area (Å²) in [6.45, 7) is -5.36. The van der Waals surface area contributed by atoms with Gasteiger partial charge in [-0.05, 0) is 25.7 Å². The second-order valence-electron chi connectivity index (χ2n) is 4.03. The molecule has 0 fully saturated rings.